The SMILES string of the molecule is Cl.O=C(O)c1cc2cc(-c3cnc([C@@H]4CCc5nc(-c6cc(Cl)ccc6-n6cnnn6)cc(=O)n54)[nH]3)ccc2[nH]1. The predicted molar refractivity (Wildman–Crippen MR) is 148 cm³/mol. The number of hydrogen-bond acceptors (Lipinski definition) is 7. The zero-order valence-electron chi connectivity index (χ0n) is 20.4. The number of carboxylic acid groups (broad SMARTS) is 1. The molecule has 3 N–H and O–H groups in total. The molecule has 0 fully saturated rings. The molecule has 2 aromatic carbocycles. The molecular formula is C26H19Cl2N9O3. The van der Waals surface area contributed by atoms with Gasteiger partial charge < -0.3 is 15.1 Å². The van der Waals surface area contributed by atoms with Crippen molar-refractivity contribution >= 4 is 40.9 Å². The number of hydrogen-bond donors (Lipinski definition) is 3. The standard InChI is InChI=1S/C26H18ClN9O3.ClH/c27-15-2-4-21(35-12-29-33-34-35)16(9-15)18-10-24(37)36-22(5-6-23(36)31-18)25-28-11-20(32-25)13-1-3-17-14(7-13)8-19(30-17)26(38)39;/h1-4,7-12,22,30H,5-6H2,(H,28,32)(H,38,39);1H/t22-;/m0./s1. The monoisotopic (exact) mass is 575 g/mol. The molecule has 1 aliphatic heterocycles. The van der Waals surface area contributed by atoms with Gasteiger partial charge in [-0.2, -0.15) is 4.68 Å². The van der Waals surface area contributed by atoms with Crippen molar-refractivity contribution in [3.05, 3.63) is 93.8 Å². The van der Waals surface area contributed by atoms with E-state index in [2.05, 4.69) is 30.5 Å². The number of aromatic amines is 2. The summed E-state index contributed by atoms with van der Waals surface area (Å²) in [4.78, 5) is 40.3. The van der Waals surface area contributed by atoms with Crippen LogP contribution < -0.4 is 5.56 Å². The highest BCUT2D eigenvalue weighted by Crippen LogP contribution is 2.33. The quantitative estimate of drug-likeness (QED) is 0.277. The van der Waals surface area contributed by atoms with Crippen molar-refractivity contribution in [2.24, 2.45) is 0 Å². The first-order valence-electron chi connectivity index (χ1n) is 12.0. The first-order valence-corrected chi connectivity index (χ1v) is 12.4. The summed E-state index contributed by atoms with van der Waals surface area (Å²) in [6, 6.07) is 13.7. The van der Waals surface area contributed by atoms with Crippen LogP contribution in [0, 0.1) is 0 Å². The minimum absolute atomic E-state index is 0. The van der Waals surface area contributed by atoms with Gasteiger partial charge in [0.15, 0.2) is 0 Å². The number of fused-ring (bicyclic) bond motifs is 2. The van der Waals surface area contributed by atoms with Gasteiger partial charge in [0.25, 0.3) is 5.56 Å². The van der Waals surface area contributed by atoms with Crippen molar-refractivity contribution in [1.82, 2.24) is 44.7 Å². The maximum absolute atomic E-state index is 13.4. The number of imidazole rings is 1. The molecule has 1 atom stereocenters. The van der Waals surface area contributed by atoms with E-state index in [1.54, 1.807) is 35.0 Å². The van der Waals surface area contributed by atoms with Crippen molar-refractivity contribution < 1.29 is 9.90 Å². The Morgan fingerprint density at radius 1 is 1.10 bits per heavy atom. The number of nitrogens with zero attached hydrogens (tertiary/aromatic N) is 7. The fourth-order valence-electron chi connectivity index (χ4n) is 5.09. The molecule has 7 rings (SSSR count). The molecule has 0 amide bonds. The second kappa shape index (κ2) is 9.74. The Kier molecular flexibility index (Phi) is 6.20. The van der Waals surface area contributed by atoms with Crippen LogP contribution in [0.5, 0.6) is 0 Å². The van der Waals surface area contributed by atoms with E-state index in [0.29, 0.717) is 46.5 Å². The van der Waals surface area contributed by atoms with E-state index >= 15 is 0 Å². The zero-order valence-corrected chi connectivity index (χ0v) is 22.0. The van der Waals surface area contributed by atoms with E-state index < -0.39 is 5.97 Å². The number of halogens is 2. The molecular weight excluding hydrogens is 557 g/mol. The first-order chi connectivity index (χ1) is 18.9. The normalized spacial score (nSPS) is 14.3. The van der Waals surface area contributed by atoms with Gasteiger partial charge in [0, 0.05) is 39.5 Å². The average molecular weight is 576 g/mol. The number of carbonyl (C=O) groups is 1. The van der Waals surface area contributed by atoms with Crippen molar-refractivity contribution in [1.29, 1.82) is 0 Å². The first kappa shape index (κ1) is 25.5. The van der Waals surface area contributed by atoms with Crippen LogP contribution in [0.2, 0.25) is 5.02 Å². The van der Waals surface area contributed by atoms with Crippen LogP contribution in [0.1, 0.15) is 34.6 Å². The van der Waals surface area contributed by atoms with E-state index in [1.807, 2.05) is 18.2 Å². The summed E-state index contributed by atoms with van der Waals surface area (Å²) in [5.41, 5.74) is 4.06. The smallest absolute Gasteiger partial charge is 0.352 e. The topological polar surface area (TPSA) is 160 Å². The van der Waals surface area contributed by atoms with E-state index in [0.717, 1.165) is 22.2 Å². The molecule has 200 valence electrons. The van der Waals surface area contributed by atoms with Crippen LogP contribution in [0.25, 0.3) is 39.1 Å². The van der Waals surface area contributed by atoms with Gasteiger partial charge in [-0.3, -0.25) is 9.36 Å². The summed E-state index contributed by atoms with van der Waals surface area (Å²) >= 11 is 6.28. The number of rotatable bonds is 5. The molecule has 6 aromatic rings. The molecule has 14 heteroatoms. The van der Waals surface area contributed by atoms with E-state index in [4.69, 9.17) is 16.6 Å². The molecule has 5 heterocycles. The van der Waals surface area contributed by atoms with Crippen molar-refractivity contribution in [3.63, 3.8) is 0 Å². The number of nitrogens with one attached hydrogen (secondary N) is 2. The number of carboxylic acids is 1. The number of aryl methyl sites for hydroxylation is 1. The molecule has 0 unspecified atom stereocenters. The minimum atomic E-state index is -1.01. The van der Waals surface area contributed by atoms with E-state index in [9.17, 15) is 14.7 Å². The molecule has 40 heavy (non-hydrogen) atoms. The van der Waals surface area contributed by atoms with Crippen LogP contribution in [-0.2, 0) is 6.42 Å². The lowest BCUT2D eigenvalue weighted by atomic mass is 10.1. The van der Waals surface area contributed by atoms with Gasteiger partial charge >= 0.3 is 5.97 Å². The molecule has 0 bridgehead atoms. The molecule has 0 radical (unpaired) electrons. The largest absolute Gasteiger partial charge is 0.477 e. The fraction of sp³-hybridized carbons (Fsp3) is 0.115. The highest BCUT2D eigenvalue weighted by atomic mass is 35.5. The third-order valence-electron chi connectivity index (χ3n) is 6.88. The number of aromatic nitrogens is 9. The second-order valence-corrected chi connectivity index (χ2v) is 9.64. The van der Waals surface area contributed by atoms with Crippen molar-refractivity contribution in [3.8, 4) is 28.2 Å². The van der Waals surface area contributed by atoms with Gasteiger partial charge in [0.1, 0.15) is 23.7 Å². The number of benzene rings is 2. The van der Waals surface area contributed by atoms with Crippen LogP contribution in [-0.4, -0.2) is 55.8 Å². The third kappa shape index (κ3) is 4.23. The Balaban J connectivity index is 0.00000289. The van der Waals surface area contributed by atoms with Gasteiger partial charge in [-0.25, -0.2) is 14.8 Å². The summed E-state index contributed by atoms with van der Waals surface area (Å²) in [6.45, 7) is 0. The van der Waals surface area contributed by atoms with Crippen molar-refractivity contribution in [2.75, 3.05) is 0 Å². The number of H-pyrrole nitrogens is 2. The Labute approximate surface area is 236 Å². The molecule has 0 saturated carbocycles. The molecule has 0 aliphatic carbocycles. The Morgan fingerprint density at radius 2 is 1.98 bits per heavy atom. The molecule has 0 spiro atoms. The molecule has 12 nitrogen and oxygen atoms in total. The third-order valence-corrected chi connectivity index (χ3v) is 7.12. The van der Waals surface area contributed by atoms with Gasteiger partial charge in [-0.15, -0.1) is 17.5 Å². The predicted octanol–water partition coefficient (Wildman–Crippen LogP) is 4.07. The van der Waals surface area contributed by atoms with E-state index in [1.165, 1.54) is 17.1 Å². The lowest BCUT2D eigenvalue weighted by molar-refractivity contribution is 0.0691. The highest BCUT2D eigenvalue weighted by Gasteiger charge is 2.29. The molecule has 4 aromatic heterocycles. The number of tetrazole rings is 1. The highest BCUT2D eigenvalue weighted by molar-refractivity contribution is 6.31. The summed E-state index contributed by atoms with van der Waals surface area (Å²) < 4.78 is 3.17. The minimum Gasteiger partial charge on any atom is -0.477 e. The fourth-order valence-corrected chi connectivity index (χ4v) is 5.27. The van der Waals surface area contributed by atoms with Crippen LogP contribution in [0.4, 0.5) is 0 Å². The maximum atomic E-state index is 13.4. The van der Waals surface area contributed by atoms with Crippen LogP contribution in [0.15, 0.2) is 65.8 Å². The van der Waals surface area contributed by atoms with Gasteiger partial charge in [-0.05, 0) is 53.2 Å². The average Bonchev–Trinajstić information content (AvgIpc) is 3.73. The Bertz CT molecular complexity index is 1960. The van der Waals surface area contributed by atoms with Gasteiger partial charge in [0.05, 0.1) is 29.3 Å². The molecule has 0 saturated heterocycles. The summed E-state index contributed by atoms with van der Waals surface area (Å²) in [6.07, 6.45) is 4.44. The van der Waals surface area contributed by atoms with Gasteiger partial charge in [0.2, 0.25) is 0 Å². The Hall–Kier alpha value is -4.81. The maximum Gasteiger partial charge on any atom is 0.352 e. The lowest BCUT2D eigenvalue weighted by Crippen LogP contribution is -2.25. The zero-order chi connectivity index (χ0) is 26.7. The van der Waals surface area contributed by atoms with Crippen molar-refractivity contribution in [2.45, 2.75) is 18.9 Å². The van der Waals surface area contributed by atoms with Crippen LogP contribution in [0.3, 0.4) is 0 Å². The molecule has 1 aliphatic rings. The second-order valence-electron chi connectivity index (χ2n) is 9.21. The summed E-state index contributed by atoms with van der Waals surface area (Å²) in [7, 11) is 0. The Morgan fingerprint density at radius 3 is 2.77 bits per heavy atom. The van der Waals surface area contributed by atoms with Crippen LogP contribution >= 0.6 is 24.0 Å². The summed E-state index contributed by atoms with van der Waals surface area (Å²) in [5.74, 6) is 0.289. The number of aromatic carboxylic acids is 1. The van der Waals surface area contributed by atoms with E-state index in [-0.39, 0.29) is 29.7 Å². The van der Waals surface area contributed by atoms with Gasteiger partial charge in [-0.1, -0.05) is 17.7 Å². The summed E-state index contributed by atoms with van der Waals surface area (Å²) in [5, 5.41) is 21.9. The lowest BCUT2D eigenvalue weighted by Gasteiger charge is -2.14.